The van der Waals surface area contributed by atoms with E-state index in [0.29, 0.717) is 6.42 Å². The van der Waals surface area contributed by atoms with Crippen molar-refractivity contribution in [2.75, 3.05) is 31.1 Å². The van der Waals surface area contributed by atoms with Gasteiger partial charge in [-0.1, -0.05) is 19.1 Å². The molecule has 1 aliphatic rings. The van der Waals surface area contributed by atoms with Crippen molar-refractivity contribution in [3.8, 4) is 0 Å². The van der Waals surface area contributed by atoms with Crippen LogP contribution in [-0.4, -0.2) is 37.0 Å². The molecule has 0 radical (unpaired) electrons. The van der Waals surface area contributed by atoms with E-state index in [1.807, 2.05) is 24.0 Å². The molecule has 1 aromatic carbocycles. The minimum absolute atomic E-state index is 0.261. The van der Waals surface area contributed by atoms with Gasteiger partial charge in [-0.3, -0.25) is 4.79 Å². The van der Waals surface area contributed by atoms with Crippen LogP contribution < -0.4 is 4.90 Å². The molecule has 0 aromatic heterocycles. The van der Waals surface area contributed by atoms with Gasteiger partial charge < -0.3 is 9.80 Å². The van der Waals surface area contributed by atoms with Crippen LogP contribution in [0, 0.1) is 0 Å². The zero-order valence-corrected chi connectivity index (χ0v) is 11.6. The Labute approximate surface area is 111 Å². The molecule has 1 heterocycles. The summed E-state index contributed by atoms with van der Waals surface area (Å²) in [7, 11) is 0. The van der Waals surface area contributed by atoms with Crippen LogP contribution in [0.3, 0.4) is 0 Å². The third-order valence-electron chi connectivity index (χ3n) is 3.13. The summed E-state index contributed by atoms with van der Waals surface area (Å²) < 4.78 is 1.12. The Morgan fingerprint density at radius 3 is 2.47 bits per heavy atom. The molecule has 0 saturated carbocycles. The van der Waals surface area contributed by atoms with E-state index in [1.165, 1.54) is 5.69 Å². The topological polar surface area (TPSA) is 23.6 Å². The van der Waals surface area contributed by atoms with E-state index in [2.05, 4.69) is 33.0 Å². The third kappa shape index (κ3) is 2.80. The molecule has 0 bridgehead atoms. The van der Waals surface area contributed by atoms with Gasteiger partial charge in [0.15, 0.2) is 0 Å². The van der Waals surface area contributed by atoms with Gasteiger partial charge >= 0.3 is 0 Å². The van der Waals surface area contributed by atoms with Crippen LogP contribution in [-0.2, 0) is 4.79 Å². The molecule has 3 nitrogen and oxygen atoms in total. The molecule has 4 heteroatoms. The predicted molar refractivity (Wildman–Crippen MR) is 73.2 cm³/mol. The highest BCUT2D eigenvalue weighted by Gasteiger charge is 2.20. The number of amides is 1. The molecule has 0 spiro atoms. The highest BCUT2D eigenvalue weighted by atomic mass is 79.9. The molecular weight excluding hydrogens is 280 g/mol. The van der Waals surface area contributed by atoms with Crippen LogP contribution in [0.2, 0.25) is 0 Å². The zero-order valence-electron chi connectivity index (χ0n) is 10.0. The smallest absolute Gasteiger partial charge is 0.222 e. The molecule has 1 aromatic rings. The average Bonchev–Trinajstić information content (AvgIpc) is 2.39. The van der Waals surface area contributed by atoms with Gasteiger partial charge in [0.05, 0.1) is 5.69 Å². The quantitative estimate of drug-likeness (QED) is 0.837. The zero-order chi connectivity index (χ0) is 12.3. The number of piperazine rings is 1. The number of hydrogen-bond acceptors (Lipinski definition) is 2. The maximum absolute atomic E-state index is 11.6. The van der Waals surface area contributed by atoms with Gasteiger partial charge in [0.1, 0.15) is 0 Å². The van der Waals surface area contributed by atoms with E-state index in [-0.39, 0.29) is 5.91 Å². The molecule has 92 valence electrons. The summed E-state index contributed by atoms with van der Waals surface area (Å²) in [5, 5.41) is 0. The van der Waals surface area contributed by atoms with Crippen LogP contribution in [0.25, 0.3) is 0 Å². The minimum atomic E-state index is 0.261. The Hall–Kier alpha value is -1.03. The van der Waals surface area contributed by atoms with Crippen molar-refractivity contribution < 1.29 is 4.79 Å². The normalized spacial score (nSPS) is 16.1. The molecule has 17 heavy (non-hydrogen) atoms. The fourth-order valence-electron chi connectivity index (χ4n) is 2.13. The number of nitrogens with zero attached hydrogens (tertiary/aromatic N) is 2. The Morgan fingerprint density at radius 2 is 1.88 bits per heavy atom. The average molecular weight is 297 g/mol. The minimum Gasteiger partial charge on any atom is -0.367 e. The van der Waals surface area contributed by atoms with Crippen LogP contribution in [0.4, 0.5) is 5.69 Å². The Kier molecular flexibility index (Phi) is 4.05. The van der Waals surface area contributed by atoms with E-state index in [1.54, 1.807) is 0 Å². The van der Waals surface area contributed by atoms with Crippen molar-refractivity contribution >= 4 is 27.5 Å². The third-order valence-corrected chi connectivity index (χ3v) is 3.80. The van der Waals surface area contributed by atoms with Crippen LogP contribution >= 0.6 is 15.9 Å². The predicted octanol–water partition coefficient (Wildman–Crippen LogP) is 2.51. The van der Waals surface area contributed by atoms with E-state index >= 15 is 0 Å². The number of carbonyl (C=O) groups is 1. The molecule has 1 aliphatic heterocycles. The molecule has 0 N–H and O–H groups in total. The van der Waals surface area contributed by atoms with E-state index in [4.69, 9.17) is 0 Å². The maximum Gasteiger partial charge on any atom is 0.222 e. The van der Waals surface area contributed by atoms with Gasteiger partial charge in [-0.2, -0.15) is 0 Å². The first-order valence-corrected chi connectivity index (χ1v) is 6.79. The Bertz CT molecular complexity index is 400. The summed E-state index contributed by atoms with van der Waals surface area (Å²) >= 11 is 3.57. The fourth-order valence-corrected chi connectivity index (χ4v) is 2.66. The number of carbonyl (C=O) groups excluding carboxylic acids is 1. The first-order chi connectivity index (χ1) is 8.22. The van der Waals surface area contributed by atoms with Crippen molar-refractivity contribution in [3.63, 3.8) is 0 Å². The van der Waals surface area contributed by atoms with Crippen LogP contribution in [0.5, 0.6) is 0 Å². The number of hydrogen-bond donors (Lipinski definition) is 0. The van der Waals surface area contributed by atoms with Crippen molar-refractivity contribution in [2.45, 2.75) is 13.3 Å². The second-order valence-corrected chi connectivity index (χ2v) is 5.03. The monoisotopic (exact) mass is 296 g/mol. The largest absolute Gasteiger partial charge is 0.367 e. The van der Waals surface area contributed by atoms with Crippen molar-refractivity contribution in [3.05, 3.63) is 28.7 Å². The first kappa shape index (κ1) is 12.4. The molecule has 1 amide bonds. The summed E-state index contributed by atoms with van der Waals surface area (Å²) in [6.07, 6.45) is 0.606. The second kappa shape index (κ2) is 5.54. The molecule has 1 saturated heterocycles. The van der Waals surface area contributed by atoms with Gasteiger partial charge in [-0.25, -0.2) is 0 Å². The molecular formula is C13H17BrN2O. The van der Waals surface area contributed by atoms with Gasteiger partial charge in [0.25, 0.3) is 0 Å². The molecule has 2 rings (SSSR count). The Morgan fingerprint density at radius 1 is 1.24 bits per heavy atom. The molecule has 1 fully saturated rings. The van der Waals surface area contributed by atoms with Crippen LogP contribution in [0.1, 0.15) is 13.3 Å². The summed E-state index contributed by atoms with van der Waals surface area (Å²) in [5.74, 6) is 0.261. The number of benzene rings is 1. The van der Waals surface area contributed by atoms with Crippen LogP contribution in [0.15, 0.2) is 28.7 Å². The number of halogens is 1. The van der Waals surface area contributed by atoms with E-state index in [0.717, 1.165) is 30.7 Å². The summed E-state index contributed by atoms with van der Waals surface area (Å²) in [6, 6.07) is 8.23. The van der Waals surface area contributed by atoms with Crippen molar-refractivity contribution in [1.82, 2.24) is 4.90 Å². The van der Waals surface area contributed by atoms with Gasteiger partial charge in [0, 0.05) is 37.1 Å². The lowest BCUT2D eigenvalue weighted by Crippen LogP contribution is -2.48. The highest BCUT2D eigenvalue weighted by Crippen LogP contribution is 2.26. The van der Waals surface area contributed by atoms with Gasteiger partial charge in [-0.15, -0.1) is 0 Å². The Balaban J connectivity index is 2.00. The first-order valence-electron chi connectivity index (χ1n) is 5.99. The van der Waals surface area contributed by atoms with Crippen molar-refractivity contribution in [2.24, 2.45) is 0 Å². The van der Waals surface area contributed by atoms with E-state index < -0.39 is 0 Å². The summed E-state index contributed by atoms with van der Waals surface area (Å²) in [4.78, 5) is 15.8. The standard InChI is InChI=1S/C13H17BrN2O/c1-2-13(17)16-9-7-15(8-10-16)12-6-4-3-5-11(12)14/h3-6H,2,7-10H2,1H3. The van der Waals surface area contributed by atoms with E-state index in [9.17, 15) is 4.79 Å². The molecule has 0 unspecified atom stereocenters. The second-order valence-electron chi connectivity index (χ2n) is 4.17. The maximum atomic E-state index is 11.6. The SMILES string of the molecule is CCC(=O)N1CCN(c2ccccc2Br)CC1. The lowest BCUT2D eigenvalue weighted by molar-refractivity contribution is -0.131. The fraction of sp³-hybridized carbons (Fsp3) is 0.462. The number of para-hydroxylation sites is 1. The van der Waals surface area contributed by atoms with Gasteiger partial charge in [-0.05, 0) is 28.1 Å². The lowest BCUT2D eigenvalue weighted by Gasteiger charge is -2.36. The number of anilines is 1. The molecule has 0 atom stereocenters. The number of rotatable bonds is 2. The highest BCUT2D eigenvalue weighted by molar-refractivity contribution is 9.10. The van der Waals surface area contributed by atoms with Crippen molar-refractivity contribution in [1.29, 1.82) is 0 Å². The molecule has 0 aliphatic carbocycles. The lowest BCUT2D eigenvalue weighted by atomic mass is 10.2. The summed E-state index contributed by atoms with van der Waals surface area (Å²) in [6.45, 7) is 5.40. The summed E-state index contributed by atoms with van der Waals surface area (Å²) in [5.41, 5.74) is 1.22. The van der Waals surface area contributed by atoms with Gasteiger partial charge in [0.2, 0.25) is 5.91 Å².